The quantitative estimate of drug-likeness (QED) is 0.682. The number of ether oxygens (including phenoxy) is 1. The van der Waals surface area contributed by atoms with E-state index in [9.17, 15) is 9.18 Å². The molecule has 1 aliphatic rings. The number of carbonyl (C=O) groups excluding carboxylic acids is 1. The van der Waals surface area contributed by atoms with Crippen molar-refractivity contribution in [3.8, 4) is 17.0 Å². The second-order valence-electron chi connectivity index (χ2n) is 6.75. The Kier molecular flexibility index (Phi) is 5.37. The molecule has 1 amide bonds. The molecule has 0 atom stereocenters. The minimum atomic E-state index is -0.279. The number of rotatable bonds is 4. The van der Waals surface area contributed by atoms with Crippen LogP contribution in [0.2, 0.25) is 0 Å². The van der Waals surface area contributed by atoms with E-state index in [1.165, 1.54) is 18.5 Å². The van der Waals surface area contributed by atoms with Gasteiger partial charge in [0.1, 0.15) is 23.7 Å². The number of hydrogen-bond donors (Lipinski definition) is 0. The largest absolute Gasteiger partial charge is 0.496 e. The summed E-state index contributed by atoms with van der Waals surface area (Å²) in [6.07, 6.45) is 1.51. The van der Waals surface area contributed by atoms with Crippen molar-refractivity contribution >= 4 is 11.7 Å². The zero-order valence-electron chi connectivity index (χ0n) is 16.1. The number of methoxy groups -OCH3 is 1. The number of hydrogen-bond acceptors (Lipinski definition) is 5. The highest BCUT2D eigenvalue weighted by Gasteiger charge is 2.25. The van der Waals surface area contributed by atoms with Gasteiger partial charge in [0.25, 0.3) is 5.91 Å². The minimum absolute atomic E-state index is 0.0308. The molecule has 0 radical (unpaired) electrons. The molecule has 3 aromatic rings. The van der Waals surface area contributed by atoms with Crippen molar-refractivity contribution in [3.63, 3.8) is 0 Å². The molecule has 148 valence electrons. The number of nitrogens with zero attached hydrogens (tertiary/aromatic N) is 4. The summed E-state index contributed by atoms with van der Waals surface area (Å²) in [5, 5.41) is 0. The van der Waals surface area contributed by atoms with E-state index in [0.29, 0.717) is 37.5 Å². The first-order valence-electron chi connectivity index (χ1n) is 9.41. The van der Waals surface area contributed by atoms with E-state index < -0.39 is 0 Å². The SMILES string of the molecule is COc1ccccc1C(=O)N1CCN(c2cc(-c3ccc(F)cc3)ncn2)CC1. The second kappa shape index (κ2) is 8.26. The Balaban J connectivity index is 1.45. The third-order valence-corrected chi connectivity index (χ3v) is 5.02. The molecule has 0 unspecified atom stereocenters. The van der Waals surface area contributed by atoms with Crippen molar-refractivity contribution in [1.82, 2.24) is 14.9 Å². The summed E-state index contributed by atoms with van der Waals surface area (Å²) in [6, 6.07) is 15.4. The van der Waals surface area contributed by atoms with E-state index in [0.717, 1.165) is 17.1 Å². The maximum absolute atomic E-state index is 13.2. The van der Waals surface area contributed by atoms with E-state index in [1.807, 2.05) is 23.1 Å². The molecule has 6 nitrogen and oxygen atoms in total. The van der Waals surface area contributed by atoms with Crippen LogP contribution in [0.3, 0.4) is 0 Å². The highest BCUT2D eigenvalue weighted by molar-refractivity contribution is 5.97. The van der Waals surface area contributed by atoms with E-state index in [2.05, 4.69) is 14.9 Å². The number of amides is 1. The number of piperazine rings is 1. The Hall–Kier alpha value is -3.48. The van der Waals surface area contributed by atoms with Crippen LogP contribution in [0, 0.1) is 5.82 Å². The summed E-state index contributed by atoms with van der Waals surface area (Å²) in [6.45, 7) is 2.51. The molecule has 1 fully saturated rings. The van der Waals surface area contributed by atoms with Gasteiger partial charge in [0.15, 0.2) is 0 Å². The van der Waals surface area contributed by atoms with Crippen LogP contribution in [0.15, 0.2) is 60.9 Å². The third kappa shape index (κ3) is 4.03. The predicted molar refractivity (Wildman–Crippen MR) is 109 cm³/mol. The maximum Gasteiger partial charge on any atom is 0.257 e. The Morgan fingerprint density at radius 2 is 1.72 bits per heavy atom. The first-order chi connectivity index (χ1) is 14.2. The molecule has 0 saturated carbocycles. The van der Waals surface area contributed by atoms with Crippen LogP contribution < -0.4 is 9.64 Å². The molecule has 0 aliphatic carbocycles. The van der Waals surface area contributed by atoms with Crippen molar-refractivity contribution in [3.05, 3.63) is 72.3 Å². The molecule has 1 aliphatic heterocycles. The fraction of sp³-hybridized carbons (Fsp3) is 0.227. The lowest BCUT2D eigenvalue weighted by atomic mass is 10.1. The van der Waals surface area contributed by atoms with E-state index in [1.54, 1.807) is 31.4 Å². The monoisotopic (exact) mass is 392 g/mol. The highest BCUT2D eigenvalue weighted by atomic mass is 19.1. The molecule has 0 N–H and O–H groups in total. The molecule has 7 heteroatoms. The van der Waals surface area contributed by atoms with Gasteiger partial charge >= 0.3 is 0 Å². The average molecular weight is 392 g/mol. The van der Waals surface area contributed by atoms with Crippen LogP contribution >= 0.6 is 0 Å². The standard InChI is InChI=1S/C22H21FN4O2/c1-29-20-5-3-2-4-18(20)22(28)27-12-10-26(11-13-27)21-14-19(24-15-25-21)16-6-8-17(23)9-7-16/h2-9,14-15H,10-13H2,1H3. The summed E-state index contributed by atoms with van der Waals surface area (Å²) in [5.41, 5.74) is 2.15. The minimum Gasteiger partial charge on any atom is -0.496 e. The Bertz CT molecular complexity index is 1000. The van der Waals surface area contributed by atoms with Gasteiger partial charge in [-0.1, -0.05) is 12.1 Å². The summed E-state index contributed by atoms with van der Waals surface area (Å²) in [7, 11) is 1.57. The van der Waals surface area contributed by atoms with Gasteiger partial charge in [-0.15, -0.1) is 0 Å². The average Bonchev–Trinajstić information content (AvgIpc) is 2.79. The number of aromatic nitrogens is 2. The first-order valence-corrected chi connectivity index (χ1v) is 9.41. The Morgan fingerprint density at radius 1 is 1.00 bits per heavy atom. The summed E-state index contributed by atoms with van der Waals surface area (Å²) >= 11 is 0. The first kappa shape index (κ1) is 18.9. The molecule has 4 rings (SSSR count). The topological polar surface area (TPSA) is 58.6 Å². The molecule has 2 heterocycles. The van der Waals surface area contributed by atoms with E-state index in [-0.39, 0.29) is 11.7 Å². The van der Waals surface area contributed by atoms with Crippen LogP contribution in [0.1, 0.15) is 10.4 Å². The number of halogens is 1. The third-order valence-electron chi connectivity index (χ3n) is 5.02. The van der Waals surface area contributed by atoms with Crippen LogP contribution in [0.4, 0.5) is 10.2 Å². The van der Waals surface area contributed by atoms with Crippen molar-refractivity contribution in [2.45, 2.75) is 0 Å². The lowest BCUT2D eigenvalue weighted by Crippen LogP contribution is -2.49. The lowest BCUT2D eigenvalue weighted by molar-refractivity contribution is 0.0743. The van der Waals surface area contributed by atoms with Crippen molar-refractivity contribution in [1.29, 1.82) is 0 Å². The van der Waals surface area contributed by atoms with Gasteiger partial charge in [-0.25, -0.2) is 14.4 Å². The lowest BCUT2D eigenvalue weighted by Gasteiger charge is -2.35. The Morgan fingerprint density at radius 3 is 2.45 bits per heavy atom. The molecule has 0 bridgehead atoms. The van der Waals surface area contributed by atoms with Crippen LogP contribution in [0.25, 0.3) is 11.3 Å². The van der Waals surface area contributed by atoms with Gasteiger partial charge in [-0.3, -0.25) is 4.79 Å². The van der Waals surface area contributed by atoms with Gasteiger partial charge in [0.05, 0.1) is 18.4 Å². The Labute approximate surface area is 168 Å². The number of benzene rings is 2. The zero-order chi connectivity index (χ0) is 20.2. The smallest absolute Gasteiger partial charge is 0.257 e. The number of anilines is 1. The zero-order valence-corrected chi connectivity index (χ0v) is 16.1. The molecule has 29 heavy (non-hydrogen) atoms. The normalized spacial score (nSPS) is 14.0. The van der Waals surface area contributed by atoms with Gasteiger partial charge in [0.2, 0.25) is 0 Å². The van der Waals surface area contributed by atoms with Gasteiger partial charge in [-0.05, 0) is 36.4 Å². The molecule has 2 aromatic carbocycles. The van der Waals surface area contributed by atoms with Crippen LogP contribution in [-0.2, 0) is 0 Å². The van der Waals surface area contributed by atoms with Crippen molar-refractivity contribution in [2.75, 3.05) is 38.2 Å². The molecular weight excluding hydrogens is 371 g/mol. The summed E-state index contributed by atoms with van der Waals surface area (Å²) < 4.78 is 18.5. The van der Waals surface area contributed by atoms with E-state index in [4.69, 9.17) is 4.74 Å². The van der Waals surface area contributed by atoms with Gasteiger partial charge in [-0.2, -0.15) is 0 Å². The summed E-state index contributed by atoms with van der Waals surface area (Å²) in [5.74, 6) is 1.07. The van der Waals surface area contributed by atoms with Crippen LogP contribution in [0.5, 0.6) is 5.75 Å². The van der Waals surface area contributed by atoms with Crippen LogP contribution in [-0.4, -0.2) is 54.1 Å². The molecule has 1 saturated heterocycles. The predicted octanol–water partition coefficient (Wildman–Crippen LogP) is 3.25. The van der Waals surface area contributed by atoms with Gasteiger partial charge in [0, 0.05) is 37.8 Å². The van der Waals surface area contributed by atoms with E-state index >= 15 is 0 Å². The molecule has 1 aromatic heterocycles. The highest BCUT2D eigenvalue weighted by Crippen LogP contribution is 2.23. The fourth-order valence-electron chi connectivity index (χ4n) is 3.43. The fourth-order valence-corrected chi connectivity index (χ4v) is 3.43. The molecular formula is C22H21FN4O2. The van der Waals surface area contributed by atoms with Gasteiger partial charge < -0.3 is 14.5 Å². The number of para-hydroxylation sites is 1. The maximum atomic E-state index is 13.2. The second-order valence-corrected chi connectivity index (χ2v) is 6.75. The summed E-state index contributed by atoms with van der Waals surface area (Å²) in [4.78, 5) is 25.5. The number of carbonyl (C=O) groups is 1. The van der Waals surface area contributed by atoms with Crippen molar-refractivity contribution < 1.29 is 13.9 Å². The van der Waals surface area contributed by atoms with Crippen molar-refractivity contribution in [2.24, 2.45) is 0 Å². The molecule has 0 spiro atoms.